The van der Waals surface area contributed by atoms with E-state index < -0.39 is 0 Å². The maximum atomic E-state index is 12.3. The van der Waals surface area contributed by atoms with Gasteiger partial charge in [-0.2, -0.15) is 0 Å². The Kier molecular flexibility index (Phi) is 6.90. The van der Waals surface area contributed by atoms with Crippen molar-refractivity contribution in [1.82, 2.24) is 25.2 Å². The predicted molar refractivity (Wildman–Crippen MR) is 108 cm³/mol. The fourth-order valence-corrected chi connectivity index (χ4v) is 4.51. The van der Waals surface area contributed by atoms with Crippen molar-refractivity contribution < 1.29 is 4.79 Å². The number of amides is 1. The van der Waals surface area contributed by atoms with E-state index in [1.807, 2.05) is 26.2 Å². The van der Waals surface area contributed by atoms with Gasteiger partial charge < -0.3 is 5.32 Å². The Balaban J connectivity index is 1.45. The van der Waals surface area contributed by atoms with Gasteiger partial charge in [0.05, 0.1) is 17.1 Å². The molecule has 0 saturated carbocycles. The molecule has 0 radical (unpaired) electrons. The summed E-state index contributed by atoms with van der Waals surface area (Å²) in [4.78, 5) is 29.0. The molecule has 1 amide bonds. The number of nitrogens with one attached hydrogen (secondary N) is 1. The third kappa shape index (κ3) is 5.81. The minimum Gasteiger partial charge on any atom is -0.355 e. The molecule has 1 aliphatic rings. The Morgan fingerprint density at radius 1 is 1.33 bits per heavy atom. The highest BCUT2D eigenvalue weighted by Crippen LogP contribution is 2.19. The van der Waals surface area contributed by atoms with Crippen LogP contribution in [0.2, 0.25) is 0 Å². The van der Waals surface area contributed by atoms with Crippen molar-refractivity contribution in [3.63, 3.8) is 0 Å². The number of likely N-dealkylation sites (tertiary alicyclic amines) is 1. The lowest BCUT2D eigenvalue weighted by Gasteiger charge is -2.32. The molecule has 1 saturated heterocycles. The number of aromatic nitrogens is 3. The van der Waals surface area contributed by atoms with Gasteiger partial charge in [-0.05, 0) is 39.2 Å². The van der Waals surface area contributed by atoms with Crippen LogP contribution in [0.4, 0.5) is 0 Å². The van der Waals surface area contributed by atoms with Gasteiger partial charge in [0.2, 0.25) is 5.91 Å². The van der Waals surface area contributed by atoms with Crippen molar-refractivity contribution in [3.05, 3.63) is 39.4 Å². The first-order chi connectivity index (χ1) is 13.0. The molecule has 1 aliphatic heterocycles. The van der Waals surface area contributed by atoms with Gasteiger partial charge >= 0.3 is 0 Å². The van der Waals surface area contributed by atoms with E-state index in [0.29, 0.717) is 12.3 Å². The zero-order chi connectivity index (χ0) is 19.2. The molecule has 0 bridgehead atoms. The summed E-state index contributed by atoms with van der Waals surface area (Å²) in [6.45, 7) is 9.76. The highest BCUT2D eigenvalue weighted by Gasteiger charge is 2.21. The summed E-state index contributed by atoms with van der Waals surface area (Å²) in [6.07, 6.45) is 7.52. The first-order valence-corrected chi connectivity index (χ1v) is 10.6. The van der Waals surface area contributed by atoms with E-state index >= 15 is 0 Å². The number of carbonyl (C=O) groups is 1. The molecule has 3 heterocycles. The van der Waals surface area contributed by atoms with Gasteiger partial charge in [0.15, 0.2) is 0 Å². The Hall–Kier alpha value is -1.86. The van der Waals surface area contributed by atoms with Gasteiger partial charge in [0.1, 0.15) is 5.82 Å². The average Bonchev–Trinajstić information content (AvgIpc) is 2.98. The Morgan fingerprint density at radius 2 is 2.11 bits per heavy atom. The van der Waals surface area contributed by atoms with Crippen LogP contribution in [0.15, 0.2) is 12.4 Å². The first-order valence-electron chi connectivity index (χ1n) is 9.75. The van der Waals surface area contributed by atoms with Crippen LogP contribution in [0, 0.1) is 19.8 Å². The SMILES string of the molecule is CCc1ncc(CN2CCCC(CNC(=O)Cc3sc(C)nc3C)C2)cn1. The number of carbonyl (C=O) groups excluding carboxylic acids is 1. The average molecular weight is 388 g/mol. The zero-order valence-corrected chi connectivity index (χ0v) is 17.3. The van der Waals surface area contributed by atoms with Crippen LogP contribution in [0.3, 0.4) is 0 Å². The number of thiazole rings is 1. The maximum Gasteiger partial charge on any atom is 0.225 e. The number of hydrogen-bond acceptors (Lipinski definition) is 6. The van der Waals surface area contributed by atoms with Gasteiger partial charge in [-0.25, -0.2) is 15.0 Å². The van der Waals surface area contributed by atoms with Crippen LogP contribution in [0.25, 0.3) is 0 Å². The fraction of sp³-hybridized carbons (Fsp3) is 0.600. The molecule has 1 fully saturated rings. The van der Waals surface area contributed by atoms with E-state index in [9.17, 15) is 4.79 Å². The summed E-state index contributed by atoms with van der Waals surface area (Å²) in [5.74, 6) is 1.50. The Morgan fingerprint density at radius 3 is 2.78 bits per heavy atom. The molecule has 1 atom stereocenters. The van der Waals surface area contributed by atoms with Gasteiger partial charge in [-0.3, -0.25) is 9.69 Å². The topological polar surface area (TPSA) is 71.0 Å². The van der Waals surface area contributed by atoms with Gasteiger partial charge in [-0.1, -0.05) is 6.92 Å². The highest BCUT2D eigenvalue weighted by atomic mass is 32.1. The smallest absolute Gasteiger partial charge is 0.225 e. The van der Waals surface area contributed by atoms with E-state index in [1.165, 1.54) is 12.8 Å². The molecule has 2 aromatic heterocycles. The lowest BCUT2D eigenvalue weighted by atomic mass is 9.97. The summed E-state index contributed by atoms with van der Waals surface area (Å²) in [5.41, 5.74) is 2.14. The largest absolute Gasteiger partial charge is 0.355 e. The van der Waals surface area contributed by atoms with Crippen LogP contribution in [-0.4, -0.2) is 45.4 Å². The second-order valence-corrected chi connectivity index (χ2v) is 8.61. The molecule has 27 heavy (non-hydrogen) atoms. The fourth-order valence-electron chi connectivity index (χ4n) is 3.57. The molecule has 2 aromatic rings. The van der Waals surface area contributed by atoms with Crippen LogP contribution in [0.5, 0.6) is 0 Å². The van der Waals surface area contributed by atoms with E-state index in [4.69, 9.17) is 0 Å². The number of rotatable bonds is 7. The molecule has 146 valence electrons. The van der Waals surface area contributed by atoms with Crippen LogP contribution in [-0.2, 0) is 24.2 Å². The molecule has 0 spiro atoms. The third-order valence-corrected chi connectivity index (χ3v) is 6.07. The van der Waals surface area contributed by atoms with E-state index in [-0.39, 0.29) is 5.91 Å². The second kappa shape index (κ2) is 9.37. The normalized spacial score (nSPS) is 17.8. The molecule has 3 rings (SSSR count). The molecule has 0 aromatic carbocycles. The van der Waals surface area contributed by atoms with Crippen LogP contribution >= 0.6 is 11.3 Å². The van der Waals surface area contributed by atoms with Crippen molar-refractivity contribution in [2.24, 2.45) is 5.92 Å². The van der Waals surface area contributed by atoms with Crippen LogP contribution in [0.1, 0.15) is 46.7 Å². The molecule has 6 nitrogen and oxygen atoms in total. The number of piperidine rings is 1. The molecule has 1 N–H and O–H groups in total. The minimum absolute atomic E-state index is 0.0995. The highest BCUT2D eigenvalue weighted by molar-refractivity contribution is 7.11. The standard InChI is InChI=1S/C20H29N5OS/c1-4-19-21-10-17(11-22-19)13-25-7-5-6-16(12-25)9-23-20(26)8-18-14(2)24-15(3)27-18/h10-11,16H,4-9,12-13H2,1-3H3,(H,23,26). The van der Waals surface area contributed by atoms with Crippen LogP contribution < -0.4 is 5.32 Å². The van der Waals surface area contributed by atoms with E-state index in [2.05, 4.69) is 32.1 Å². The molecule has 7 heteroatoms. The van der Waals surface area contributed by atoms with Crippen molar-refractivity contribution in [1.29, 1.82) is 0 Å². The molecule has 0 aliphatic carbocycles. The summed E-state index contributed by atoms with van der Waals surface area (Å²) < 4.78 is 0. The van der Waals surface area contributed by atoms with Crippen molar-refractivity contribution in [2.45, 2.75) is 53.0 Å². The summed E-state index contributed by atoms with van der Waals surface area (Å²) in [5, 5.41) is 4.15. The second-order valence-electron chi connectivity index (χ2n) is 7.33. The summed E-state index contributed by atoms with van der Waals surface area (Å²) in [6, 6.07) is 0. The Labute approximate surface area is 165 Å². The van der Waals surface area contributed by atoms with Gasteiger partial charge in [0.25, 0.3) is 0 Å². The van der Waals surface area contributed by atoms with Crippen molar-refractivity contribution >= 4 is 17.2 Å². The minimum atomic E-state index is 0.0995. The first kappa shape index (κ1) is 19.9. The molecular weight excluding hydrogens is 358 g/mol. The quantitative estimate of drug-likeness (QED) is 0.791. The van der Waals surface area contributed by atoms with Crippen molar-refractivity contribution in [2.75, 3.05) is 19.6 Å². The zero-order valence-electron chi connectivity index (χ0n) is 16.5. The lowest BCUT2D eigenvalue weighted by molar-refractivity contribution is -0.120. The van der Waals surface area contributed by atoms with E-state index in [1.54, 1.807) is 11.3 Å². The number of nitrogens with zero attached hydrogens (tertiary/aromatic N) is 4. The summed E-state index contributed by atoms with van der Waals surface area (Å²) in [7, 11) is 0. The maximum absolute atomic E-state index is 12.3. The number of aryl methyl sites for hydroxylation is 3. The van der Waals surface area contributed by atoms with E-state index in [0.717, 1.165) is 59.6 Å². The molecule has 1 unspecified atom stereocenters. The van der Waals surface area contributed by atoms with Gasteiger partial charge in [-0.15, -0.1) is 11.3 Å². The lowest BCUT2D eigenvalue weighted by Crippen LogP contribution is -2.40. The third-order valence-electron chi connectivity index (χ3n) is 4.99. The van der Waals surface area contributed by atoms with Crippen molar-refractivity contribution in [3.8, 4) is 0 Å². The molecular formula is C20H29N5OS. The predicted octanol–water partition coefficient (Wildman–Crippen LogP) is 2.68. The summed E-state index contributed by atoms with van der Waals surface area (Å²) >= 11 is 1.62. The number of hydrogen-bond donors (Lipinski definition) is 1. The monoisotopic (exact) mass is 387 g/mol. The van der Waals surface area contributed by atoms with Gasteiger partial charge in [0, 0.05) is 48.9 Å². The Bertz CT molecular complexity index is 758.